The molecule has 0 aliphatic carbocycles. The second-order valence-corrected chi connectivity index (χ2v) is 5.86. The maximum absolute atomic E-state index is 5.72. The Morgan fingerprint density at radius 1 is 1.24 bits per heavy atom. The summed E-state index contributed by atoms with van der Waals surface area (Å²) in [5, 5.41) is 3.54. The molecule has 1 aliphatic rings. The van der Waals surface area contributed by atoms with Crippen LogP contribution in [-0.4, -0.2) is 19.2 Å². The van der Waals surface area contributed by atoms with E-state index in [-0.39, 0.29) is 0 Å². The minimum absolute atomic E-state index is 0.681. The van der Waals surface area contributed by atoms with E-state index in [2.05, 4.69) is 52.2 Å². The third-order valence-corrected chi connectivity index (χ3v) is 3.92. The lowest BCUT2D eigenvalue weighted by Crippen LogP contribution is -2.34. The van der Waals surface area contributed by atoms with E-state index in [1.165, 1.54) is 34.9 Å². The zero-order chi connectivity index (χ0) is 11.9. The monoisotopic (exact) mass is 345 g/mol. The number of rotatable bonds is 5. The van der Waals surface area contributed by atoms with E-state index in [9.17, 15) is 0 Å². The zero-order valence-electron chi connectivity index (χ0n) is 10.1. The van der Waals surface area contributed by atoms with Crippen LogP contribution in [0.25, 0.3) is 0 Å². The first kappa shape index (κ1) is 13.3. The molecule has 1 aliphatic heterocycles. The average molecular weight is 345 g/mol. The predicted molar refractivity (Wildman–Crippen MR) is 79.1 cm³/mol. The van der Waals surface area contributed by atoms with Gasteiger partial charge >= 0.3 is 0 Å². The summed E-state index contributed by atoms with van der Waals surface area (Å²) >= 11 is 2.32. The van der Waals surface area contributed by atoms with Gasteiger partial charge in [-0.15, -0.1) is 0 Å². The molecule has 2 nitrogen and oxygen atoms in total. The molecule has 3 heteroatoms. The van der Waals surface area contributed by atoms with Crippen LogP contribution < -0.4 is 5.32 Å². The molecule has 1 unspecified atom stereocenters. The average Bonchev–Trinajstić information content (AvgIpc) is 2.38. The van der Waals surface area contributed by atoms with Crippen molar-refractivity contribution < 1.29 is 4.74 Å². The van der Waals surface area contributed by atoms with Crippen LogP contribution in [0.15, 0.2) is 24.3 Å². The Morgan fingerprint density at radius 3 is 2.76 bits per heavy atom. The summed E-state index contributed by atoms with van der Waals surface area (Å²) in [4.78, 5) is 0. The van der Waals surface area contributed by atoms with Crippen molar-refractivity contribution in [1.29, 1.82) is 0 Å². The molecule has 0 saturated carbocycles. The van der Waals surface area contributed by atoms with Gasteiger partial charge in [0.05, 0.1) is 6.61 Å². The van der Waals surface area contributed by atoms with E-state index in [0.717, 1.165) is 19.6 Å². The Balaban J connectivity index is 1.60. The minimum atomic E-state index is 0.681. The fourth-order valence-corrected chi connectivity index (χ4v) is 2.53. The molecule has 1 N–H and O–H groups in total. The summed E-state index contributed by atoms with van der Waals surface area (Å²) in [6.45, 7) is 2.79. The molecular weight excluding hydrogens is 325 g/mol. The summed E-state index contributed by atoms with van der Waals surface area (Å²) in [6, 6.07) is 9.21. The second-order valence-electron chi connectivity index (χ2n) is 4.61. The Kier molecular flexibility index (Phi) is 5.74. The lowest BCUT2D eigenvalue weighted by molar-refractivity contribution is 0.108. The highest BCUT2D eigenvalue weighted by atomic mass is 127. The fourth-order valence-electron chi connectivity index (χ4n) is 2.17. The topological polar surface area (TPSA) is 21.3 Å². The van der Waals surface area contributed by atoms with Gasteiger partial charge in [0.25, 0.3) is 0 Å². The summed E-state index contributed by atoms with van der Waals surface area (Å²) in [5.41, 5.74) is 1.27. The molecular formula is C14H20INO. The Labute approximate surface area is 117 Å². The van der Waals surface area contributed by atoms with Crippen LogP contribution in [0, 0.1) is 3.57 Å². The molecule has 0 amide bonds. The number of benzene rings is 1. The Bertz CT molecular complexity index is 319. The minimum Gasteiger partial charge on any atom is -0.377 e. The van der Waals surface area contributed by atoms with Crippen molar-refractivity contribution in [2.45, 2.75) is 38.3 Å². The summed E-state index contributed by atoms with van der Waals surface area (Å²) in [7, 11) is 0. The number of hydrogen-bond donors (Lipinski definition) is 1. The van der Waals surface area contributed by atoms with Gasteiger partial charge in [0.2, 0.25) is 0 Å². The highest BCUT2D eigenvalue weighted by molar-refractivity contribution is 14.1. The van der Waals surface area contributed by atoms with E-state index < -0.39 is 0 Å². The SMILES string of the molecule is Ic1ccc(COCCC2CCCCN2)cc1. The smallest absolute Gasteiger partial charge is 0.0716 e. The first-order chi connectivity index (χ1) is 8.34. The quantitative estimate of drug-likeness (QED) is 0.653. The third kappa shape index (κ3) is 4.94. The van der Waals surface area contributed by atoms with Gasteiger partial charge in [0.15, 0.2) is 0 Å². The van der Waals surface area contributed by atoms with Crippen molar-refractivity contribution in [3.63, 3.8) is 0 Å². The Hall–Kier alpha value is -0.130. The zero-order valence-corrected chi connectivity index (χ0v) is 12.3. The van der Waals surface area contributed by atoms with E-state index in [0.29, 0.717) is 6.04 Å². The molecule has 1 fully saturated rings. The van der Waals surface area contributed by atoms with Gasteiger partial charge in [-0.3, -0.25) is 0 Å². The summed E-state index contributed by atoms with van der Waals surface area (Å²) in [5.74, 6) is 0. The molecule has 1 aromatic rings. The molecule has 0 spiro atoms. The largest absolute Gasteiger partial charge is 0.377 e. The molecule has 1 aromatic carbocycles. The van der Waals surface area contributed by atoms with Crippen LogP contribution in [-0.2, 0) is 11.3 Å². The van der Waals surface area contributed by atoms with Crippen LogP contribution in [0.1, 0.15) is 31.2 Å². The van der Waals surface area contributed by atoms with E-state index in [4.69, 9.17) is 4.74 Å². The molecule has 0 bridgehead atoms. The van der Waals surface area contributed by atoms with Gasteiger partial charge in [-0.2, -0.15) is 0 Å². The lowest BCUT2D eigenvalue weighted by Gasteiger charge is -2.23. The van der Waals surface area contributed by atoms with Crippen molar-refractivity contribution in [2.75, 3.05) is 13.2 Å². The molecule has 17 heavy (non-hydrogen) atoms. The maximum Gasteiger partial charge on any atom is 0.0716 e. The maximum atomic E-state index is 5.72. The van der Waals surface area contributed by atoms with Crippen molar-refractivity contribution >= 4 is 22.6 Å². The number of hydrogen-bond acceptors (Lipinski definition) is 2. The molecule has 1 saturated heterocycles. The highest BCUT2D eigenvalue weighted by Gasteiger charge is 2.11. The number of ether oxygens (including phenoxy) is 1. The van der Waals surface area contributed by atoms with Crippen LogP contribution >= 0.6 is 22.6 Å². The number of nitrogens with one attached hydrogen (secondary N) is 1. The number of piperidine rings is 1. The van der Waals surface area contributed by atoms with Crippen LogP contribution in [0.5, 0.6) is 0 Å². The van der Waals surface area contributed by atoms with Gasteiger partial charge in [-0.05, 0) is 66.1 Å². The molecule has 1 atom stereocenters. The first-order valence-electron chi connectivity index (χ1n) is 6.40. The third-order valence-electron chi connectivity index (χ3n) is 3.21. The van der Waals surface area contributed by atoms with Gasteiger partial charge < -0.3 is 10.1 Å². The first-order valence-corrected chi connectivity index (χ1v) is 7.48. The molecule has 0 aromatic heterocycles. The van der Waals surface area contributed by atoms with E-state index >= 15 is 0 Å². The van der Waals surface area contributed by atoms with Gasteiger partial charge in [-0.25, -0.2) is 0 Å². The standard InChI is InChI=1S/C14H20INO/c15-13-6-4-12(5-7-13)11-17-10-8-14-3-1-2-9-16-14/h4-7,14,16H,1-3,8-11H2. The summed E-state index contributed by atoms with van der Waals surface area (Å²) < 4.78 is 7.00. The second kappa shape index (κ2) is 7.34. The normalized spacial score (nSPS) is 20.4. The van der Waals surface area contributed by atoms with Crippen LogP contribution in [0.4, 0.5) is 0 Å². The van der Waals surface area contributed by atoms with Gasteiger partial charge in [0.1, 0.15) is 0 Å². The van der Waals surface area contributed by atoms with E-state index in [1.54, 1.807) is 0 Å². The van der Waals surface area contributed by atoms with Gasteiger partial charge in [0, 0.05) is 16.2 Å². The van der Waals surface area contributed by atoms with Gasteiger partial charge in [-0.1, -0.05) is 18.6 Å². The fraction of sp³-hybridized carbons (Fsp3) is 0.571. The molecule has 0 radical (unpaired) electrons. The number of halogens is 1. The highest BCUT2D eigenvalue weighted by Crippen LogP contribution is 2.11. The van der Waals surface area contributed by atoms with Crippen molar-refractivity contribution in [1.82, 2.24) is 5.32 Å². The van der Waals surface area contributed by atoms with Crippen molar-refractivity contribution in [2.24, 2.45) is 0 Å². The molecule has 2 rings (SSSR count). The molecule has 94 valence electrons. The van der Waals surface area contributed by atoms with E-state index in [1.807, 2.05) is 0 Å². The van der Waals surface area contributed by atoms with Crippen molar-refractivity contribution in [3.8, 4) is 0 Å². The Morgan fingerprint density at radius 2 is 2.06 bits per heavy atom. The summed E-state index contributed by atoms with van der Waals surface area (Å²) in [6.07, 6.45) is 5.16. The van der Waals surface area contributed by atoms with Crippen molar-refractivity contribution in [3.05, 3.63) is 33.4 Å². The predicted octanol–water partition coefficient (Wildman–Crippen LogP) is 3.34. The lowest BCUT2D eigenvalue weighted by atomic mass is 10.0. The van der Waals surface area contributed by atoms with Crippen LogP contribution in [0.2, 0.25) is 0 Å². The molecule has 1 heterocycles. The van der Waals surface area contributed by atoms with Crippen LogP contribution in [0.3, 0.4) is 0 Å².